The first kappa shape index (κ1) is 28.1. The van der Waals surface area contributed by atoms with Crippen molar-refractivity contribution in [2.75, 3.05) is 33.4 Å². The third-order valence-corrected chi connectivity index (χ3v) is 6.22. The molecule has 0 aromatic carbocycles. The molecule has 1 atom stereocenters. The van der Waals surface area contributed by atoms with Gasteiger partial charge >= 0.3 is 7.82 Å². The van der Waals surface area contributed by atoms with Crippen molar-refractivity contribution in [2.45, 2.75) is 104 Å². The third kappa shape index (κ3) is 20.8. The maximum atomic E-state index is 11.7. The summed E-state index contributed by atoms with van der Waals surface area (Å²) < 4.78 is 21.7. The Hall–Kier alpha value is 0.0700. The van der Waals surface area contributed by atoms with Crippen molar-refractivity contribution in [3.8, 4) is 0 Å². The van der Waals surface area contributed by atoms with E-state index >= 15 is 0 Å². The molecule has 6 heteroatoms. The van der Waals surface area contributed by atoms with Crippen molar-refractivity contribution in [3.63, 3.8) is 0 Å². The number of likely N-dealkylation sites (N-methyl/N-ethyl adjacent to an activating group) is 1. The lowest BCUT2D eigenvalue weighted by atomic mass is 10.0. The summed E-state index contributed by atoms with van der Waals surface area (Å²) in [6.45, 7) is 8.68. The van der Waals surface area contributed by atoms with Gasteiger partial charge in [0.2, 0.25) is 0 Å². The van der Waals surface area contributed by atoms with Crippen LogP contribution in [0.3, 0.4) is 0 Å². The zero-order valence-electron chi connectivity index (χ0n) is 19.2. The molecule has 0 aromatic heterocycles. The number of hydrogen-bond donors (Lipinski definition) is 1. The van der Waals surface area contributed by atoms with Crippen molar-refractivity contribution in [1.29, 1.82) is 0 Å². The van der Waals surface area contributed by atoms with Crippen LogP contribution in [-0.2, 0) is 13.6 Å². The first-order chi connectivity index (χ1) is 13.4. The zero-order chi connectivity index (χ0) is 21.1. The van der Waals surface area contributed by atoms with E-state index in [-0.39, 0.29) is 6.61 Å². The Bertz CT molecular complexity index is 380. The summed E-state index contributed by atoms with van der Waals surface area (Å²) in [6.07, 6.45) is 16.7. The molecule has 0 aromatic rings. The van der Waals surface area contributed by atoms with Crippen molar-refractivity contribution >= 4 is 7.82 Å². The molecule has 0 aliphatic heterocycles. The maximum Gasteiger partial charge on any atom is 0.472 e. The Labute approximate surface area is 175 Å². The second kappa shape index (κ2) is 19.1. The monoisotopic (exact) mass is 421 g/mol. The molecule has 0 spiro atoms. The Morgan fingerprint density at radius 2 is 1.21 bits per heavy atom. The molecule has 0 aliphatic carbocycles. The standard InChI is InChI=1S/C22H48NO4P/c1-5-23(4)19-21-27-28(24,25)26-20-17-15-13-11-9-7-6-8-10-12-14-16-18-22(2)3/h22H,5-21H2,1-4H3,(H,24,25). The minimum Gasteiger partial charge on any atom is -0.304 e. The van der Waals surface area contributed by atoms with Crippen molar-refractivity contribution < 1.29 is 18.5 Å². The van der Waals surface area contributed by atoms with Crippen LogP contribution in [0.5, 0.6) is 0 Å². The highest BCUT2D eigenvalue weighted by atomic mass is 31.2. The van der Waals surface area contributed by atoms with Gasteiger partial charge in [0.25, 0.3) is 0 Å². The number of unbranched alkanes of at least 4 members (excludes halogenated alkanes) is 11. The van der Waals surface area contributed by atoms with Crippen LogP contribution in [-0.4, -0.2) is 43.1 Å². The first-order valence-electron chi connectivity index (χ1n) is 11.7. The lowest BCUT2D eigenvalue weighted by Gasteiger charge is -2.16. The van der Waals surface area contributed by atoms with Gasteiger partial charge in [0.05, 0.1) is 13.2 Å². The van der Waals surface area contributed by atoms with Crippen LogP contribution < -0.4 is 0 Å². The van der Waals surface area contributed by atoms with Gasteiger partial charge in [-0.15, -0.1) is 0 Å². The number of hydrogen-bond acceptors (Lipinski definition) is 4. The maximum absolute atomic E-state index is 11.7. The number of phosphoric acid groups is 1. The van der Waals surface area contributed by atoms with E-state index in [4.69, 9.17) is 9.05 Å². The van der Waals surface area contributed by atoms with Crippen LogP contribution in [0.4, 0.5) is 0 Å². The molecule has 0 bridgehead atoms. The molecule has 0 saturated carbocycles. The lowest BCUT2D eigenvalue weighted by Crippen LogP contribution is -2.22. The van der Waals surface area contributed by atoms with Gasteiger partial charge in [0.15, 0.2) is 0 Å². The highest BCUT2D eigenvalue weighted by Crippen LogP contribution is 2.43. The van der Waals surface area contributed by atoms with Crippen molar-refractivity contribution in [1.82, 2.24) is 4.90 Å². The van der Waals surface area contributed by atoms with E-state index in [1.165, 1.54) is 70.6 Å². The molecule has 1 unspecified atom stereocenters. The summed E-state index contributed by atoms with van der Waals surface area (Å²) in [5.41, 5.74) is 0. The second-order valence-corrected chi connectivity index (χ2v) is 9.91. The molecule has 28 heavy (non-hydrogen) atoms. The third-order valence-electron chi connectivity index (χ3n) is 5.20. The normalized spacial score (nSPS) is 14.1. The summed E-state index contributed by atoms with van der Waals surface area (Å²) in [7, 11) is -1.93. The first-order valence-corrected chi connectivity index (χ1v) is 13.2. The van der Waals surface area contributed by atoms with Crippen molar-refractivity contribution in [3.05, 3.63) is 0 Å². The van der Waals surface area contributed by atoms with Gasteiger partial charge in [-0.25, -0.2) is 4.57 Å². The molecule has 5 nitrogen and oxygen atoms in total. The smallest absolute Gasteiger partial charge is 0.304 e. The van der Waals surface area contributed by atoms with Gasteiger partial charge in [-0.2, -0.15) is 0 Å². The minimum atomic E-state index is -3.88. The largest absolute Gasteiger partial charge is 0.472 e. The second-order valence-electron chi connectivity index (χ2n) is 8.46. The molecule has 0 fully saturated rings. The van der Waals surface area contributed by atoms with Crippen LogP contribution in [0.2, 0.25) is 0 Å². The highest BCUT2D eigenvalue weighted by molar-refractivity contribution is 7.47. The van der Waals surface area contributed by atoms with E-state index in [9.17, 15) is 9.46 Å². The quantitative estimate of drug-likeness (QED) is 0.163. The lowest BCUT2D eigenvalue weighted by molar-refractivity contribution is 0.135. The van der Waals surface area contributed by atoms with Gasteiger partial charge < -0.3 is 9.79 Å². The molecule has 0 radical (unpaired) electrons. The van der Waals surface area contributed by atoms with Crippen molar-refractivity contribution in [2.24, 2.45) is 5.92 Å². The Morgan fingerprint density at radius 1 is 0.786 bits per heavy atom. The average Bonchev–Trinajstić information content (AvgIpc) is 2.64. The van der Waals surface area contributed by atoms with Crippen LogP contribution in [0, 0.1) is 5.92 Å². The Balaban J connectivity index is 3.29. The summed E-state index contributed by atoms with van der Waals surface area (Å²) >= 11 is 0. The van der Waals surface area contributed by atoms with E-state index in [1.54, 1.807) is 0 Å². The van der Waals surface area contributed by atoms with Crippen LogP contribution in [0.25, 0.3) is 0 Å². The molecular formula is C22H48NO4P. The fourth-order valence-electron chi connectivity index (χ4n) is 3.11. The van der Waals surface area contributed by atoms with Gasteiger partial charge in [-0.1, -0.05) is 97.8 Å². The molecule has 0 aliphatic rings. The molecule has 0 amide bonds. The van der Waals surface area contributed by atoms with E-state index in [0.29, 0.717) is 13.2 Å². The van der Waals surface area contributed by atoms with E-state index in [2.05, 4.69) is 13.8 Å². The number of rotatable bonds is 21. The van der Waals surface area contributed by atoms with Crippen LogP contribution in [0.15, 0.2) is 0 Å². The SMILES string of the molecule is CCN(C)CCOP(=O)(O)OCCCCCCCCCCCCCCC(C)C. The molecule has 0 heterocycles. The van der Waals surface area contributed by atoms with E-state index in [0.717, 1.165) is 25.3 Å². The molecule has 0 saturated heterocycles. The minimum absolute atomic E-state index is 0.218. The van der Waals surface area contributed by atoms with Crippen LogP contribution in [0.1, 0.15) is 104 Å². The van der Waals surface area contributed by atoms with E-state index in [1.807, 2.05) is 18.9 Å². The molecular weight excluding hydrogens is 373 g/mol. The summed E-state index contributed by atoms with van der Waals surface area (Å²) in [5, 5.41) is 0. The highest BCUT2D eigenvalue weighted by Gasteiger charge is 2.20. The van der Waals surface area contributed by atoms with Gasteiger partial charge in [-0.3, -0.25) is 9.05 Å². The zero-order valence-corrected chi connectivity index (χ0v) is 20.1. The summed E-state index contributed by atoms with van der Waals surface area (Å²) in [4.78, 5) is 11.6. The summed E-state index contributed by atoms with van der Waals surface area (Å²) in [5.74, 6) is 0.853. The Kier molecular flexibility index (Phi) is 19.1. The fraction of sp³-hybridized carbons (Fsp3) is 1.00. The number of phosphoric ester groups is 1. The number of nitrogens with zero attached hydrogens (tertiary/aromatic N) is 1. The molecule has 170 valence electrons. The predicted octanol–water partition coefficient (Wildman–Crippen LogP) is 6.80. The fourth-order valence-corrected chi connectivity index (χ4v) is 3.86. The average molecular weight is 422 g/mol. The topological polar surface area (TPSA) is 59.0 Å². The van der Waals surface area contributed by atoms with E-state index < -0.39 is 7.82 Å². The molecule has 1 N–H and O–H groups in total. The van der Waals surface area contributed by atoms with Gasteiger partial charge in [0.1, 0.15) is 0 Å². The Morgan fingerprint density at radius 3 is 1.68 bits per heavy atom. The van der Waals surface area contributed by atoms with Crippen LogP contribution >= 0.6 is 7.82 Å². The van der Waals surface area contributed by atoms with Gasteiger partial charge in [-0.05, 0) is 25.9 Å². The summed E-state index contributed by atoms with van der Waals surface area (Å²) in [6, 6.07) is 0. The van der Waals surface area contributed by atoms with Gasteiger partial charge in [0, 0.05) is 6.54 Å². The molecule has 0 rings (SSSR count). The predicted molar refractivity (Wildman–Crippen MR) is 120 cm³/mol.